The van der Waals surface area contributed by atoms with Gasteiger partial charge in [0.05, 0.1) is 12.2 Å². The lowest BCUT2D eigenvalue weighted by Crippen LogP contribution is -2.07. The van der Waals surface area contributed by atoms with Crippen molar-refractivity contribution in [1.82, 2.24) is 4.98 Å². The lowest BCUT2D eigenvalue weighted by Gasteiger charge is -2.06. The Balaban J connectivity index is 2.90. The van der Waals surface area contributed by atoms with Crippen molar-refractivity contribution in [2.75, 3.05) is 6.61 Å². The van der Waals surface area contributed by atoms with Crippen molar-refractivity contribution in [3.05, 3.63) is 28.5 Å². The van der Waals surface area contributed by atoms with Gasteiger partial charge in [-0.05, 0) is 28.4 Å². The Hall–Kier alpha value is -1.41. The van der Waals surface area contributed by atoms with E-state index in [0.29, 0.717) is 18.1 Å². The first-order valence-electron chi connectivity index (χ1n) is 4.48. The Morgan fingerprint density at radius 3 is 3.07 bits per heavy atom. The van der Waals surface area contributed by atoms with E-state index in [1.807, 2.05) is 6.92 Å². The van der Waals surface area contributed by atoms with Gasteiger partial charge in [-0.2, -0.15) is 5.26 Å². The van der Waals surface area contributed by atoms with Gasteiger partial charge >= 0.3 is 0 Å². The molecule has 0 amide bonds. The number of ether oxygens (including phenoxy) is 1. The normalized spacial score (nSPS) is 10.9. The quantitative estimate of drug-likeness (QED) is 0.480. The fraction of sp³-hybridized carbons (Fsp3) is 0.300. The van der Waals surface area contributed by atoms with Gasteiger partial charge in [0.15, 0.2) is 0 Å². The molecule has 0 bridgehead atoms. The molecule has 0 aliphatic heterocycles. The molecule has 1 aromatic heterocycles. The summed E-state index contributed by atoms with van der Waals surface area (Å²) in [5.74, 6) is 0.313. The summed E-state index contributed by atoms with van der Waals surface area (Å²) in [4.78, 5) is 7.59. The van der Waals surface area contributed by atoms with E-state index in [1.165, 1.54) is 0 Å². The minimum absolute atomic E-state index is 0.313. The van der Waals surface area contributed by atoms with Gasteiger partial charge in [0.2, 0.25) is 12.1 Å². The molecule has 5 heteroatoms. The van der Waals surface area contributed by atoms with Crippen molar-refractivity contribution < 1.29 is 4.74 Å². The Morgan fingerprint density at radius 2 is 2.47 bits per heavy atom. The molecular weight excluding hydrogens is 258 g/mol. The fourth-order valence-electron chi connectivity index (χ4n) is 0.953. The molecule has 0 spiro atoms. The molecule has 0 saturated carbocycles. The lowest BCUT2D eigenvalue weighted by molar-refractivity contribution is 0.306. The third-order valence-electron chi connectivity index (χ3n) is 1.55. The SMILES string of the molecule is CCCOC(=NC#N)c1cncc(Br)c1. The van der Waals surface area contributed by atoms with E-state index < -0.39 is 0 Å². The summed E-state index contributed by atoms with van der Waals surface area (Å²) in [6, 6.07) is 1.80. The summed E-state index contributed by atoms with van der Waals surface area (Å²) >= 11 is 3.29. The second-order valence-corrected chi connectivity index (χ2v) is 3.67. The standard InChI is InChI=1S/C10H10BrN3O/c1-2-3-15-10(14-7-12)8-4-9(11)6-13-5-8/h4-6H,2-3H2,1H3. The van der Waals surface area contributed by atoms with Crippen LogP contribution in [0.4, 0.5) is 0 Å². The molecular formula is C10H10BrN3O. The van der Waals surface area contributed by atoms with Gasteiger partial charge in [-0.1, -0.05) is 6.92 Å². The van der Waals surface area contributed by atoms with Crippen LogP contribution < -0.4 is 0 Å². The van der Waals surface area contributed by atoms with Crippen LogP contribution in [0.2, 0.25) is 0 Å². The maximum atomic E-state index is 8.52. The number of nitrogens with zero attached hydrogens (tertiary/aromatic N) is 3. The molecule has 4 nitrogen and oxygen atoms in total. The molecule has 0 radical (unpaired) electrons. The highest BCUT2D eigenvalue weighted by atomic mass is 79.9. The topological polar surface area (TPSA) is 58.3 Å². The van der Waals surface area contributed by atoms with Crippen LogP contribution in [0.3, 0.4) is 0 Å². The molecule has 0 aliphatic carbocycles. The molecule has 0 N–H and O–H groups in total. The van der Waals surface area contributed by atoms with Gasteiger partial charge in [-0.15, -0.1) is 4.99 Å². The zero-order valence-electron chi connectivity index (χ0n) is 8.27. The monoisotopic (exact) mass is 267 g/mol. The molecule has 1 heterocycles. The second-order valence-electron chi connectivity index (χ2n) is 2.76. The lowest BCUT2D eigenvalue weighted by atomic mass is 10.3. The van der Waals surface area contributed by atoms with E-state index in [-0.39, 0.29) is 0 Å². The highest BCUT2D eigenvalue weighted by Crippen LogP contribution is 2.11. The molecule has 0 aliphatic rings. The summed E-state index contributed by atoms with van der Waals surface area (Å²) in [6.07, 6.45) is 5.85. The van der Waals surface area contributed by atoms with Crippen LogP contribution in [0, 0.1) is 11.5 Å². The van der Waals surface area contributed by atoms with Gasteiger partial charge in [0.25, 0.3) is 0 Å². The summed E-state index contributed by atoms with van der Waals surface area (Å²) in [6.45, 7) is 2.52. The second kappa shape index (κ2) is 6.14. The van der Waals surface area contributed by atoms with Crippen LogP contribution in [0.5, 0.6) is 0 Å². The van der Waals surface area contributed by atoms with Crippen LogP contribution >= 0.6 is 15.9 Å². The van der Waals surface area contributed by atoms with Crippen LogP contribution in [0.25, 0.3) is 0 Å². The first-order chi connectivity index (χ1) is 7.27. The van der Waals surface area contributed by atoms with Gasteiger partial charge in [-0.3, -0.25) is 4.98 Å². The molecule has 15 heavy (non-hydrogen) atoms. The molecule has 0 aromatic carbocycles. The highest BCUT2D eigenvalue weighted by molar-refractivity contribution is 9.10. The largest absolute Gasteiger partial charge is 0.477 e. The van der Waals surface area contributed by atoms with Crippen molar-refractivity contribution in [3.8, 4) is 6.19 Å². The molecule has 0 atom stereocenters. The first-order valence-corrected chi connectivity index (χ1v) is 5.27. The van der Waals surface area contributed by atoms with Crippen molar-refractivity contribution in [2.24, 2.45) is 4.99 Å². The third-order valence-corrected chi connectivity index (χ3v) is 1.98. The molecule has 0 saturated heterocycles. The number of pyridine rings is 1. The van der Waals surface area contributed by atoms with E-state index in [9.17, 15) is 0 Å². The molecule has 1 rings (SSSR count). The number of halogens is 1. The fourth-order valence-corrected chi connectivity index (χ4v) is 1.32. The maximum Gasteiger partial charge on any atom is 0.233 e. The first kappa shape index (κ1) is 11.7. The number of aromatic nitrogens is 1. The molecule has 78 valence electrons. The predicted octanol–water partition coefficient (Wildman–Crippen LogP) is 2.50. The number of aliphatic imine (C=N–C) groups is 1. The van der Waals surface area contributed by atoms with Gasteiger partial charge < -0.3 is 4.74 Å². The van der Waals surface area contributed by atoms with Gasteiger partial charge in [-0.25, -0.2) is 0 Å². The third kappa shape index (κ3) is 3.68. The summed E-state index contributed by atoms with van der Waals surface area (Å²) in [7, 11) is 0. The number of rotatable bonds is 3. The number of hydrogen-bond acceptors (Lipinski definition) is 4. The summed E-state index contributed by atoms with van der Waals surface area (Å²) < 4.78 is 6.16. The van der Waals surface area contributed by atoms with Crippen LogP contribution in [0.15, 0.2) is 27.9 Å². The average Bonchev–Trinajstić information content (AvgIpc) is 2.24. The van der Waals surface area contributed by atoms with Gasteiger partial charge in [0.1, 0.15) is 0 Å². The minimum atomic E-state index is 0.313. The summed E-state index contributed by atoms with van der Waals surface area (Å²) in [5, 5.41) is 8.52. The van der Waals surface area contributed by atoms with Crippen molar-refractivity contribution in [2.45, 2.75) is 13.3 Å². The zero-order valence-corrected chi connectivity index (χ0v) is 9.86. The number of nitriles is 1. The molecule has 0 unspecified atom stereocenters. The smallest absolute Gasteiger partial charge is 0.233 e. The van der Waals surface area contributed by atoms with Gasteiger partial charge in [0, 0.05) is 16.9 Å². The minimum Gasteiger partial charge on any atom is -0.477 e. The predicted molar refractivity (Wildman–Crippen MR) is 60.3 cm³/mol. The van der Waals surface area contributed by atoms with Crippen LogP contribution in [-0.2, 0) is 4.74 Å². The number of hydrogen-bond donors (Lipinski definition) is 0. The maximum absolute atomic E-state index is 8.52. The van der Waals surface area contributed by atoms with E-state index >= 15 is 0 Å². The van der Waals surface area contributed by atoms with E-state index in [2.05, 4.69) is 25.9 Å². The highest BCUT2D eigenvalue weighted by Gasteiger charge is 2.05. The van der Waals surface area contributed by atoms with Crippen LogP contribution in [-0.4, -0.2) is 17.5 Å². The van der Waals surface area contributed by atoms with E-state index in [4.69, 9.17) is 10.00 Å². The van der Waals surface area contributed by atoms with E-state index in [0.717, 1.165) is 10.9 Å². The van der Waals surface area contributed by atoms with Crippen molar-refractivity contribution in [1.29, 1.82) is 5.26 Å². The molecule has 0 fully saturated rings. The Labute approximate surface area is 96.7 Å². The van der Waals surface area contributed by atoms with Crippen molar-refractivity contribution in [3.63, 3.8) is 0 Å². The Kier molecular flexibility index (Phi) is 4.78. The Morgan fingerprint density at radius 1 is 1.67 bits per heavy atom. The molecule has 1 aromatic rings. The Bertz CT molecular complexity index is 398. The van der Waals surface area contributed by atoms with E-state index in [1.54, 1.807) is 24.7 Å². The summed E-state index contributed by atoms with van der Waals surface area (Å²) in [5.41, 5.74) is 0.694. The van der Waals surface area contributed by atoms with Crippen molar-refractivity contribution >= 4 is 21.8 Å². The van der Waals surface area contributed by atoms with Crippen LogP contribution in [0.1, 0.15) is 18.9 Å². The average molecular weight is 268 g/mol. The zero-order chi connectivity index (χ0) is 11.1.